The second kappa shape index (κ2) is 15.9. The lowest BCUT2D eigenvalue weighted by molar-refractivity contribution is -0.384. The molecule has 2 aliphatic rings. The van der Waals surface area contributed by atoms with Gasteiger partial charge in [0.25, 0.3) is 5.69 Å². The van der Waals surface area contributed by atoms with Crippen LogP contribution in [0.3, 0.4) is 0 Å². The van der Waals surface area contributed by atoms with E-state index in [9.17, 15) is 20.0 Å². The fourth-order valence-electron chi connectivity index (χ4n) is 6.11. The summed E-state index contributed by atoms with van der Waals surface area (Å²) in [4.78, 5) is 27.6. The summed E-state index contributed by atoms with van der Waals surface area (Å²) in [7, 11) is 0. The molecule has 11 nitrogen and oxygen atoms in total. The van der Waals surface area contributed by atoms with Crippen molar-refractivity contribution in [3.8, 4) is 0 Å². The highest BCUT2D eigenvalue weighted by molar-refractivity contribution is 5.73. The quantitative estimate of drug-likeness (QED) is 0.144. The molecule has 0 saturated carbocycles. The number of nitrogens with zero attached hydrogens (tertiary/aromatic N) is 3. The molecule has 2 aliphatic heterocycles. The Hall–Kier alpha value is -4.81. The maximum absolute atomic E-state index is 12.3. The van der Waals surface area contributed by atoms with Crippen molar-refractivity contribution in [1.82, 2.24) is 15.5 Å². The van der Waals surface area contributed by atoms with Gasteiger partial charge in [0.05, 0.1) is 23.7 Å². The van der Waals surface area contributed by atoms with E-state index in [4.69, 9.17) is 9.47 Å². The molecule has 2 fully saturated rings. The number of rotatable bonds is 11. The number of anilines is 1. The van der Waals surface area contributed by atoms with E-state index in [1.807, 2.05) is 91.0 Å². The molecule has 0 spiro atoms. The second-order valence-corrected chi connectivity index (χ2v) is 12.2. The molecular weight excluding hydrogens is 610 g/mol. The van der Waals surface area contributed by atoms with Gasteiger partial charge in [0, 0.05) is 75.6 Å². The van der Waals surface area contributed by atoms with Gasteiger partial charge in [-0.2, -0.15) is 0 Å². The largest absolute Gasteiger partial charge is 0.392 e. The topological polar surface area (TPSA) is 129 Å². The lowest BCUT2D eigenvalue weighted by Gasteiger charge is -2.41. The number of non-ortho nitro benzene ring substituents is 1. The Morgan fingerprint density at radius 3 is 2.00 bits per heavy atom. The average Bonchev–Trinajstić information content (AvgIpc) is 3.14. The Morgan fingerprint density at radius 1 is 0.771 bits per heavy atom. The molecule has 0 radical (unpaired) electrons. The molecule has 0 bridgehead atoms. The van der Waals surface area contributed by atoms with E-state index in [-0.39, 0.29) is 35.5 Å². The molecule has 2 saturated heterocycles. The number of ether oxygens (including phenoxy) is 2. The van der Waals surface area contributed by atoms with E-state index in [1.54, 1.807) is 12.1 Å². The number of piperazine rings is 1. The number of carbonyl (C=O) groups is 1. The van der Waals surface area contributed by atoms with E-state index >= 15 is 0 Å². The molecule has 2 amide bonds. The number of nitro groups is 1. The molecule has 2 heterocycles. The highest BCUT2D eigenvalue weighted by atomic mass is 16.7. The van der Waals surface area contributed by atoms with Gasteiger partial charge in [-0.15, -0.1) is 0 Å². The summed E-state index contributed by atoms with van der Waals surface area (Å²) in [5.74, 6) is 0. The van der Waals surface area contributed by atoms with Crippen LogP contribution in [0.25, 0.3) is 0 Å². The van der Waals surface area contributed by atoms with Crippen molar-refractivity contribution in [1.29, 1.82) is 0 Å². The maximum atomic E-state index is 12.3. The first kappa shape index (κ1) is 33.1. The monoisotopic (exact) mass is 651 g/mol. The first-order chi connectivity index (χ1) is 23.4. The zero-order valence-electron chi connectivity index (χ0n) is 26.7. The summed E-state index contributed by atoms with van der Waals surface area (Å²) in [6.07, 6.45) is -0.134. The lowest BCUT2D eigenvalue weighted by atomic mass is 9.99. The molecule has 3 unspecified atom stereocenters. The predicted octanol–water partition coefficient (Wildman–Crippen LogP) is 5.45. The Bertz CT molecular complexity index is 1630. The number of amides is 2. The van der Waals surface area contributed by atoms with Gasteiger partial charge in [0.2, 0.25) is 0 Å². The van der Waals surface area contributed by atoms with Crippen LogP contribution in [0.4, 0.5) is 16.2 Å². The molecular formula is C37H41N5O6. The minimum Gasteiger partial charge on any atom is -0.392 e. The number of hydrogen-bond acceptors (Lipinski definition) is 8. The Morgan fingerprint density at radius 2 is 1.38 bits per heavy atom. The summed E-state index contributed by atoms with van der Waals surface area (Å²) >= 11 is 0. The van der Waals surface area contributed by atoms with Crippen LogP contribution in [0.5, 0.6) is 0 Å². The van der Waals surface area contributed by atoms with Crippen LogP contribution < -0.4 is 15.5 Å². The van der Waals surface area contributed by atoms with Gasteiger partial charge in [0.15, 0.2) is 6.29 Å². The van der Waals surface area contributed by atoms with Crippen molar-refractivity contribution < 1.29 is 24.3 Å². The van der Waals surface area contributed by atoms with Crippen LogP contribution in [0.2, 0.25) is 0 Å². The van der Waals surface area contributed by atoms with Gasteiger partial charge in [-0.1, -0.05) is 78.9 Å². The molecule has 48 heavy (non-hydrogen) atoms. The fourth-order valence-corrected chi connectivity index (χ4v) is 6.11. The van der Waals surface area contributed by atoms with Crippen LogP contribution in [0, 0.1) is 10.1 Å². The number of urea groups is 1. The number of hydrogen-bond donors (Lipinski definition) is 3. The van der Waals surface area contributed by atoms with E-state index in [0.29, 0.717) is 19.5 Å². The highest BCUT2D eigenvalue weighted by Crippen LogP contribution is 2.38. The second-order valence-electron chi connectivity index (χ2n) is 12.2. The van der Waals surface area contributed by atoms with E-state index in [0.717, 1.165) is 66.2 Å². The molecule has 3 N–H and O–H groups in total. The molecule has 6 rings (SSSR count). The molecule has 11 heteroatoms. The van der Waals surface area contributed by atoms with Crippen LogP contribution >= 0.6 is 0 Å². The van der Waals surface area contributed by atoms with Crippen molar-refractivity contribution in [2.24, 2.45) is 0 Å². The number of carbonyl (C=O) groups excluding carboxylic acids is 1. The number of nitrogens with one attached hydrogen (secondary N) is 2. The van der Waals surface area contributed by atoms with Crippen molar-refractivity contribution in [3.63, 3.8) is 0 Å². The minimum atomic E-state index is -0.566. The minimum absolute atomic E-state index is 0.0120. The van der Waals surface area contributed by atoms with Gasteiger partial charge in [-0.05, 0) is 34.4 Å². The summed E-state index contributed by atoms with van der Waals surface area (Å²) in [6, 6.07) is 32.1. The van der Waals surface area contributed by atoms with Crippen molar-refractivity contribution in [2.45, 2.75) is 44.6 Å². The summed E-state index contributed by atoms with van der Waals surface area (Å²) in [5, 5.41) is 26.4. The van der Waals surface area contributed by atoms with Crippen LogP contribution in [0.1, 0.15) is 46.6 Å². The van der Waals surface area contributed by atoms with Crippen LogP contribution in [0.15, 0.2) is 103 Å². The number of benzene rings is 4. The normalized spacial score (nSPS) is 19.9. The molecule has 0 aromatic heterocycles. The van der Waals surface area contributed by atoms with E-state index in [1.165, 1.54) is 0 Å². The predicted molar refractivity (Wildman–Crippen MR) is 182 cm³/mol. The number of aliphatic hydroxyl groups is 1. The lowest BCUT2D eigenvalue weighted by Crippen LogP contribution is -2.49. The van der Waals surface area contributed by atoms with Crippen molar-refractivity contribution >= 4 is 17.4 Å². The average molecular weight is 652 g/mol. The number of aliphatic hydroxyl groups excluding tert-OH is 1. The maximum Gasteiger partial charge on any atom is 0.315 e. The third kappa shape index (κ3) is 8.75. The molecule has 250 valence electrons. The van der Waals surface area contributed by atoms with Gasteiger partial charge in [0.1, 0.15) is 0 Å². The van der Waals surface area contributed by atoms with Gasteiger partial charge in [-0.25, -0.2) is 4.79 Å². The third-order valence-corrected chi connectivity index (χ3v) is 8.88. The standard InChI is InChI=1S/C37H41N5O6/c43-26-29-8-10-30(11-9-29)35-22-34(25-40-18-20-41(21-19-40)32-14-16-33(17-15-32)42(45)46)47-36(48-35)31-12-6-28(7-13-31)24-39-37(44)38-23-27-4-2-1-3-5-27/h1-17,34-36,43H,18-26H2,(H2,38,39,44). The summed E-state index contributed by atoms with van der Waals surface area (Å²) in [6.45, 7) is 4.91. The third-order valence-electron chi connectivity index (χ3n) is 8.88. The summed E-state index contributed by atoms with van der Waals surface area (Å²) < 4.78 is 13.1. The zero-order valence-corrected chi connectivity index (χ0v) is 26.7. The highest BCUT2D eigenvalue weighted by Gasteiger charge is 2.34. The smallest absolute Gasteiger partial charge is 0.315 e. The zero-order chi connectivity index (χ0) is 33.3. The van der Waals surface area contributed by atoms with Gasteiger partial charge in [-0.3, -0.25) is 15.0 Å². The van der Waals surface area contributed by atoms with Crippen LogP contribution in [-0.2, 0) is 29.2 Å². The fraction of sp³-hybridized carbons (Fsp3) is 0.324. The first-order valence-corrected chi connectivity index (χ1v) is 16.3. The van der Waals surface area contributed by atoms with E-state index in [2.05, 4.69) is 20.4 Å². The van der Waals surface area contributed by atoms with E-state index < -0.39 is 6.29 Å². The number of nitro benzene ring substituents is 1. The molecule has 4 aromatic carbocycles. The van der Waals surface area contributed by atoms with Crippen molar-refractivity contribution in [3.05, 3.63) is 141 Å². The Balaban J connectivity index is 1.06. The molecule has 0 aliphatic carbocycles. The van der Waals surface area contributed by atoms with Gasteiger partial charge < -0.3 is 30.1 Å². The Kier molecular flexibility index (Phi) is 10.9. The van der Waals surface area contributed by atoms with Crippen LogP contribution in [-0.4, -0.2) is 59.8 Å². The van der Waals surface area contributed by atoms with Gasteiger partial charge >= 0.3 is 6.03 Å². The van der Waals surface area contributed by atoms with Crippen molar-refractivity contribution in [2.75, 3.05) is 37.6 Å². The molecule has 4 aromatic rings. The first-order valence-electron chi connectivity index (χ1n) is 16.3. The Labute approximate surface area is 280 Å². The SMILES string of the molecule is O=C(NCc1ccccc1)NCc1ccc(C2OC(CN3CCN(c4ccc([N+](=O)[O-])cc4)CC3)CC(c3ccc(CO)cc3)O2)cc1. The summed E-state index contributed by atoms with van der Waals surface area (Å²) in [5.41, 5.74) is 5.87. The molecule has 3 atom stereocenters.